The summed E-state index contributed by atoms with van der Waals surface area (Å²) >= 11 is 5.88. The molecule has 1 atom stereocenters. The van der Waals surface area contributed by atoms with Crippen molar-refractivity contribution in [3.8, 4) is 0 Å². The smallest absolute Gasteiger partial charge is 0.242 e. The van der Waals surface area contributed by atoms with Gasteiger partial charge >= 0.3 is 0 Å². The van der Waals surface area contributed by atoms with E-state index in [2.05, 4.69) is 0 Å². The molecule has 1 aliphatic heterocycles. The van der Waals surface area contributed by atoms with Crippen LogP contribution in [0.15, 0.2) is 24.3 Å². The predicted octanol–water partition coefficient (Wildman–Crippen LogP) is 1.73. The van der Waals surface area contributed by atoms with Gasteiger partial charge in [0.2, 0.25) is 5.91 Å². The summed E-state index contributed by atoms with van der Waals surface area (Å²) in [6.07, 6.45) is 1.51. The van der Waals surface area contributed by atoms with Crippen molar-refractivity contribution in [1.82, 2.24) is 4.90 Å². The van der Waals surface area contributed by atoms with E-state index in [0.29, 0.717) is 24.7 Å². The molecule has 0 spiro atoms. The number of benzene rings is 1. The molecule has 19 heavy (non-hydrogen) atoms. The zero-order valence-electron chi connectivity index (χ0n) is 10.6. The number of rotatable bonds is 2. The Morgan fingerprint density at radius 1 is 1.37 bits per heavy atom. The maximum Gasteiger partial charge on any atom is 0.242 e. The summed E-state index contributed by atoms with van der Waals surface area (Å²) in [5, 5.41) is 0.700. The van der Waals surface area contributed by atoms with Gasteiger partial charge in [0.1, 0.15) is 6.10 Å². The van der Waals surface area contributed by atoms with E-state index in [1.165, 1.54) is 0 Å². The second-order valence-electron chi connectivity index (χ2n) is 5.32. The minimum atomic E-state index is -0.595. The Balaban J connectivity index is 1.71. The first-order chi connectivity index (χ1) is 9.08. The average molecular weight is 281 g/mol. The normalized spacial score (nSPS) is 25.2. The standard InChI is InChI=1S/C14H17ClN2O2/c15-11-3-1-10(2-4-11)12-9-17(7-8-19-12)13(18)14(16)5-6-14/h1-4,12H,5-9,16H2. The van der Waals surface area contributed by atoms with Crippen LogP contribution in [0.1, 0.15) is 24.5 Å². The third-order valence-electron chi connectivity index (χ3n) is 3.81. The van der Waals surface area contributed by atoms with Crippen molar-refractivity contribution in [2.75, 3.05) is 19.7 Å². The zero-order valence-corrected chi connectivity index (χ0v) is 11.4. The van der Waals surface area contributed by atoms with Gasteiger partial charge in [-0.15, -0.1) is 0 Å². The number of carbonyl (C=O) groups excluding carboxylic acids is 1. The van der Waals surface area contributed by atoms with Gasteiger partial charge in [-0.25, -0.2) is 0 Å². The highest BCUT2D eigenvalue weighted by molar-refractivity contribution is 6.30. The maximum atomic E-state index is 12.2. The predicted molar refractivity (Wildman–Crippen MR) is 72.9 cm³/mol. The monoisotopic (exact) mass is 280 g/mol. The number of hydrogen-bond acceptors (Lipinski definition) is 3. The van der Waals surface area contributed by atoms with Gasteiger partial charge in [0.05, 0.1) is 18.7 Å². The molecular weight excluding hydrogens is 264 g/mol. The molecule has 1 amide bonds. The van der Waals surface area contributed by atoms with Crippen molar-refractivity contribution >= 4 is 17.5 Å². The molecule has 0 bridgehead atoms. The van der Waals surface area contributed by atoms with Gasteiger partial charge < -0.3 is 15.4 Å². The van der Waals surface area contributed by atoms with E-state index < -0.39 is 5.54 Å². The fraction of sp³-hybridized carbons (Fsp3) is 0.500. The van der Waals surface area contributed by atoms with E-state index in [-0.39, 0.29) is 12.0 Å². The number of hydrogen-bond donors (Lipinski definition) is 1. The van der Waals surface area contributed by atoms with Crippen molar-refractivity contribution in [2.24, 2.45) is 5.73 Å². The summed E-state index contributed by atoms with van der Waals surface area (Å²) in [4.78, 5) is 14.1. The van der Waals surface area contributed by atoms with Gasteiger partial charge in [-0.1, -0.05) is 23.7 Å². The molecule has 2 fully saturated rings. The first kappa shape index (κ1) is 12.9. The highest BCUT2D eigenvalue weighted by atomic mass is 35.5. The molecule has 2 aliphatic rings. The zero-order chi connectivity index (χ0) is 13.5. The minimum absolute atomic E-state index is 0.0646. The highest BCUT2D eigenvalue weighted by Gasteiger charge is 2.48. The van der Waals surface area contributed by atoms with Crippen molar-refractivity contribution in [3.63, 3.8) is 0 Å². The van der Waals surface area contributed by atoms with Gasteiger partial charge in [0.15, 0.2) is 0 Å². The van der Waals surface area contributed by atoms with Gasteiger partial charge in [-0.05, 0) is 30.5 Å². The Morgan fingerprint density at radius 2 is 2.05 bits per heavy atom. The number of carbonyl (C=O) groups is 1. The van der Waals surface area contributed by atoms with Crippen LogP contribution in [0.3, 0.4) is 0 Å². The topological polar surface area (TPSA) is 55.6 Å². The van der Waals surface area contributed by atoms with Crippen LogP contribution >= 0.6 is 11.6 Å². The Morgan fingerprint density at radius 3 is 2.68 bits per heavy atom. The van der Waals surface area contributed by atoms with Crippen molar-refractivity contribution < 1.29 is 9.53 Å². The van der Waals surface area contributed by atoms with Crippen molar-refractivity contribution in [3.05, 3.63) is 34.9 Å². The molecule has 1 aromatic carbocycles. The van der Waals surface area contributed by atoms with Gasteiger partial charge in [0.25, 0.3) is 0 Å². The lowest BCUT2D eigenvalue weighted by Gasteiger charge is -2.34. The minimum Gasteiger partial charge on any atom is -0.370 e. The molecule has 0 aromatic heterocycles. The number of nitrogens with two attached hydrogens (primary N) is 1. The van der Waals surface area contributed by atoms with Gasteiger partial charge in [0, 0.05) is 11.6 Å². The third kappa shape index (κ3) is 2.61. The SMILES string of the molecule is NC1(C(=O)N2CCOC(c3ccc(Cl)cc3)C2)CC1. The number of morpholine rings is 1. The van der Waals surface area contributed by atoms with E-state index in [9.17, 15) is 4.79 Å². The molecule has 3 rings (SSSR count). The van der Waals surface area contributed by atoms with Crippen LogP contribution in [0.5, 0.6) is 0 Å². The average Bonchev–Trinajstić information content (AvgIpc) is 3.18. The molecule has 102 valence electrons. The lowest BCUT2D eigenvalue weighted by molar-refractivity contribution is -0.141. The molecule has 5 heteroatoms. The summed E-state index contributed by atoms with van der Waals surface area (Å²) in [5.74, 6) is 0.0646. The van der Waals surface area contributed by atoms with Gasteiger partial charge in [-0.2, -0.15) is 0 Å². The summed E-state index contributed by atoms with van der Waals surface area (Å²) < 4.78 is 5.74. The molecule has 1 heterocycles. The molecule has 1 saturated carbocycles. The summed E-state index contributed by atoms with van der Waals surface area (Å²) in [6.45, 7) is 1.75. The first-order valence-electron chi connectivity index (χ1n) is 6.54. The molecule has 1 unspecified atom stereocenters. The molecule has 4 nitrogen and oxygen atoms in total. The number of ether oxygens (including phenoxy) is 1. The highest BCUT2D eigenvalue weighted by Crippen LogP contribution is 2.35. The van der Waals surface area contributed by atoms with E-state index in [4.69, 9.17) is 22.1 Å². The lowest BCUT2D eigenvalue weighted by atomic mass is 10.1. The lowest BCUT2D eigenvalue weighted by Crippen LogP contribution is -2.50. The fourth-order valence-corrected chi connectivity index (χ4v) is 2.50. The van der Waals surface area contributed by atoms with Crippen molar-refractivity contribution in [2.45, 2.75) is 24.5 Å². The Kier molecular flexibility index (Phi) is 3.25. The van der Waals surface area contributed by atoms with Crippen LogP contribution in [0, 0.1) is 0 Å². The quantitative estimate of drug-likeness (QED) is 0.898. The number of halogens is 1. The van der Waals surface area contributed by atoms with E-state index >= 15 is 0 Å². The van der Waals surface area contributed by atoms with Crippen molar-refractivity contribution in [1.29, 1.82) is 0 Å². The van der Waals surface area contributed by atoms with E-state index in [1.807, 2.05) is 29.2 Å². The molecule has 1 saturated heterocycles. The largest absolute Gasteiger partial charge is 0.370 e. The molecular formula is C14H17ClN2O2. The maximum absolute atomic E-state index is 12.2. The Hall–Kier alpha value is -1.10. The van der Waals surface area contributed by atoms with Gasteiger partial charge in [-0.3, -0.25) is 4.79 Å². The van der Waals surface area contributed by atoms with E-state index in [0.717, 1.165) is 18.4 Å². The van der Waals surface area contributed by atoms with E-state index in [1.54, 1.807) is 0 Å². The fourth-order valence-electron chi connectivity index (χ4n) is 2.38. The molecule has 1 aromatic rings. The summed E-state index contributed by atoms with van der Waals surface area (Å²) in [7, 11) is 0. The Bertz CT molecular complexity index is 485. The van der Waals surface area contributed by atoms with Crippen LogP contribution in [0.25, 0.3) is 0 Å². The van der Waals surface area contributed by atoms with Crippen LogP contribution in [-0.4, -0.2) is 36.0 Å². The first-order valence-corrected chi connectivity index (χ1v) is 6.92. The third-order valence-corrected chi connectivity index (χ3v) is 4.06. The van der Waals surface area contributed by atoms with Crippen LogP contribution < -0.4 is 5.73 Å². The van der Waals surface area contributed by atoms with Crippen LogP contribution in [-0.2, 0) is 9.53 Å². The number of amides is 1. The summed E-state index contributed by atoms with van der Waals surface area (Å²) in [6, 6.07) is 7.56. The molecule has 1 aliphatic carbocycles. The second kappa shape index (κ2) is 4.78. The second-order valence-corrected chi connectivity index (χ2v) is 5.75. The molecule has 2 N–H and O–H groups in total. The number of nitrogens with zero attached hydrogens (tertiary/aromatic N) is 1. The Labute approximate surface area is 117 Å². The van der Waals surface area contributed by atoms with Crippen LogP contribution in [0.4, 0.5) is 0 Å². The molecule has 0 radical (unpaired) electrons. The van der Waals surface area contributed by atoms with Crippen LogP contribution in [0.2, 0.25) is 5.02 Å². The summed E-state index contributed by atoms with van der Waals surface area (Å²) in [5.41, 5.74) is 6.43.